The van der Waals surface area contributed by atoms with Crippen molar-refractivity contribution in [3.8, 4) is 11.5 Å². The van der Waals surface area contributed by atoms with Crippen molar-refractivity contribution in [2.75, 3.05) is 0 Å². The molecule has 0 fully saturated rings. The van der Waals surface area contributed by atoms with Crippen LogP contribution in [0.3, 0.4) is 0 Å². The van der Waals surface area contributed by atoms with Gasteiger partial charge >= 0.3 is 16.6 Å². The normalized spacial score (nSPS) is 13.5. The second kappa shape index (κ2) is 17.7. The highest BCUT2D eigenvalue weighted by Crippen LogP contribution is 2.46. The van der Waals surface area contributed by atoms with Crippen LogP contribution in [0.2, 0.25) is 10.1 Å². The van der Waals surface area contributed by atoms with Crippen LogP contribution < -0.4 is 29.6 Å². The van der Waals surface area contributed by atoms with Gasteiger partial charge in [-0.05, 0) is 86.7 Å². The summed E-state index contributed by atoms with van der Waals surface area (Å²) in [4.78, 5) is 3.97. The summed E-state index contributed by atoms with van der Waals surface area (Å²) >= 11 is 0. The van der Waals surface area contributed by atoms with E-state index in [1.165, 1.54) is 32.7 Å². The molecule has 0 aliphatic rings. The van der Waals surface area contributed by atoms with Crippen LogP contribution in [0, 0.1) is 12.8 Å². The molecule has 4 nitrogen and oxygen atoms in total. The molecule has 7 aromatic rings. The highest BCUT2D eigenvalue weighted by Gasteiger charge is 2.53. The molecule has 0 spiro atoms. The largest absolute Gasteiger partial charge is 0.534 e. The van der Waals surface area contributed by atoms with E-state index >= 15 is 0 Å². The molecule has 6 heteroatoms. The molecular formula is C55H65NO3Si2. The molecule has 1 aromatic heterocycles. The van der Waals surface area contributed by atoms with Crippen LogP contribution in [0.15, 0.2) is 145 Å². The minimum Gasteiger partial charge on any atom is -0.534 e. The van der Waals surface area contributed by atoms with Gasteiger partial charge in [0.15, 0.2) is 0 Å². The van der Waals surface area contributed by atoms with Crippen LogP contribution in [-0.4, -0.2) is 26.7 Å². The van der Waals surface area contributed by atoms with Crippen LogP contribution in [0.4, 0.5) is 0 Å². The molecule has 61 heavy (non-hydrogen) atoms. The lowest BCUT2D eigenvalue weighted by molar-refractivity contribution is 0.283. The number of fused-ring (bicyclic) bond motifs is 3. The molecule has 2 N–H and O–H groups in total. The lowest BCUT2D eigenvalue weighted by Crippen LogP contribution is -2.68. The molecule has 0 aliphatic heterocycles. The molecule has 0 unspecified atom stereocenters. The molecule has 0 bridgehead atoms. The number of rotatable bonds is 14. The molecule has 0 saturated carbocycles. The highest BCUT2D eigenvalue weighted by atomic mass is 28.4. The van der Waals surface area contributed by atoms with E-state index in [2.05, 4.69) is 220 Å². The van der Waals surface area contributed by atoms with Crippen LogP contribution >= 0.6 is 0 Å². The van der Waals surface area contributed by atoms with Gasteiger partial charge in [-0.2, -0.15) is 0 Å². The number of H-pyrrole nitrogens is 1. The molecule has 1 atom stereocenters. The maximum absolute atomic E-state index is 11.1. The third kappa shape index (κ3) is 8.18. The summed E-state index contributed by atoms with van der Waals surface area (Å²) < 4.78 is 15.7. The van der Waals surface area contributed by atoms with Crippen molar-refractivity contribution in [1.82, 2.24) is 4.98 Å². The predicted octanol–water partition coefficient (Wildman–Crippen LogP) is 12.2. The summed E-state index contributed by atoms with van der Waals surface area (Å²) in [5, 5.41) is 17.5. The van der Waals surface area contributed by atoms with Crippen molar-refractivity contribution in [2.45, 2.75) is 105 Å². The Balaban J connectivity index is 1.55. The van der Waals surface area contributed by atoms with Crippen LogP contribution in [0.5, 0.6) is 11.5 Å². The number of allylic oxidation sites excluding steroid dienone is 1. The van der Waals surface area contributed by atoms with Crippen molar-refractivity contribution in [3.63, 3.8) is 0 Å². The summed E-state index contributed by atoms with van der Waals surface area (Å²) in [6, 6.07) is 49.7. The maximum atomic E-state index is 11.1. The van der Waals surface area contributed by atoms with Crippen molar-refractivity contribution in [2.24, 2.45) is 5.92 Å². The molecule has 316 valence electrons. The fourth-order valence-electron chi connectivity index (χ4n) is 9.42. The average molecular weight is 844 g/mol. The standard InChI is InChI=1S/C55H65NO3Si2/c1-11-39(2)32-33-40(3)36-47-41(4)50(59-61(55(8,9)10,45-28-20-14-21-29-45)46-30-22-15-23-31-46)37-48-51-42(38-57)34-35-49(53(51)56-52(47)48)58-60(54(5,6)7,43-24-16-12-17-25-43)44-26-18-13-19-27-44/h12-31,34-37,39,56-57H,11,32-33,38H2,1-10H3/b40-36+/t39-/m0/s1. The van der Waals surface area contributed by atoms with E-state index in [1.54, 1.807) is 0 Å². The number of nitrogens with one attached hydrogen (secondary N) is 1. The molecule has 0 radical (unpaired) electrons. The highest BCUT2D eigenvalue weighted by molar-refractivity contribution is 7.00. The fraction of sp³-hybridized carbons (Fsp3) is 0.309. The first-order valence-corrected chi connectivity index (χ1v) is 26.0. The Morgan fingerprint density at radius 1 is 0.656 bits per heavy atom. The first-order valence-electron chi connectivity index (χ1n) is 22.1. The van der Waals surface area contributed by atoms with Crippen LogP contribution in [0.25, 0.3) is 27.9 Å². The van der Waals surface area contributed by atoms with E-state index in [-0.39, 0.29) is 16.7 Å². The summed E-state index contributed by atoms with van der Waals surface area (Å²) in [7, 11) is -6.03. The minimum atomic E-state index is -3.01. The van der Waals surface area contributed by atoms with Crippen LogP contribution in [0.1, 0.15) is 98.3 Å². The molecule has 7 rings (SSSR count). The van der Waals surface area contributed by atoms with Gasteiger partial charge in [0, 0.05) is 16.3 Å². The third-order valence-electron chi connectivity index (χ3n) is 13.0. The number of aliphatic hydroxyl groups excluding tert-OH is 1. The SMILES string of the molecule is CC[C@H](C)CC/C(C)=C/c1c(C)c(O[Si](c2ccccc2)(c2ccccc2)C(C)(C)C)cc2c1[nH]c1c(O[Si](c3ccccc3)(c3ccccc3)C(C)(C)C)ccc(CO)c12. The predicted molar refractivity (Wildman–Crippen MR) is 265 cm³/mol. The second-order valence-electron chi connectivity index (χ2n) is 19.2. The summed E-state index contributed by atoms with van der Waals surface area (Å²) in [6.45, 7) is 22.9. The summed E-state index contributed by atoms with van der Waals surface area (Å²) in [5.41, 5.74) is 6.30. The smallest absolute Gasteiger partial charge is 0.320 e. The zero-order valence-corrected chi connectivity index (χ0v) is 40.0. The Morgan fingerprint density at radius 3 is 1.51 bits per heavy atom. The molecule has 1 heterocycles. The monoisotopic (exact) mass is 843 g/mol. The topological polar surface area (TPSA) is 54.5 Å². The summed E-state index contributed by atoms with van der Waals surface area (Å²) in [5.74, 6) is 2.30. The van der Waals surface area contributed by atoms with Crippen LogP contribution in [-0.2, 0) is 6.61 Å². The Labute approximate surface area is 367 Å². The van der Waals surface area contributed by atoms with E-state index in [9.17, 15) is 5.11 Å². The van der Waals surface area contributed by atoms with E-state index < -0.39 is 16.6 Å². The van der Waals surface area contributed by atoms with E-state index in [0.29, 0.717) is 5.92 Å². The Morgan fingerprint density at radius 2 is 1.10 bits per heavy atom. The zero-order valence-electron chi connectivity index (χ0n) is 38.0. The van der Waals surface area contributed by atoms with E-state index in [4.69, 9.17) is 8.85 Å². The minimum absolute atomic E-state index is 0.110. The molecule has 0 saturated heterocycles. The number of aliphatic hydroxyl groups is 1. The molecular weight excluding hydrogens is 779 g/mol. The van der Waals surface area contributed by atoms with Gasteiger partial charge in [0.1, 0.15) is 11.5 Å². The molecule has 0 aliphatic carbocycles. The first-order chi connectivity index (χ1) is 29.2. The van der Waals surface area contributed by atoms with Gasteiger partial charge in [-0.1, -0.05) is 201 Å². The quantitative estimate of drug-likeness (QED) is 0.107. The van der Waals surface area contributed by atoms with Gasteiger partial charge in [0.05, 0.1) is 17.6 Å². The van der Waals surface area contributed by atoms with Crippen molar-refractivity contribution < 1.29 is 14.0 Å². The Hall–Kier alpha value is -5.15. The van der Waals surface area contributed by atoms with Crippen molar-refractivity contribution >= 4 is 65.3 Å². The molecule has 6 aromatic carbocycles. The number of hydrogen-bond donors (Lipinski definition) is 2. The number of aromatic nitrogens is 1. The maximum Gasteiger partial charge on any atom is 0.320 e. The average Bonchev–Trinajstić information content (AvgIpc) is 3.65. The number of aromatic amines is 1. The van der Waals surface area contributed by atoms with Gasteiger partial charge in [0.25, 0.3) is 0 Å². The van der Waals surface area contributed by atoms with Crippen molar-refractivity contribution in [3.05, 3.63) is 162 Å². The lowest BCUT2D eigenvalue weighted by atomic mass is 9.96. The van der Waals surface area contributed by atoms with E-state index in [0.717, 1.165) is 62.8 Å². The first kappa shape index (κ1) is 43.9. The molecule has 0 amide bonds. The van der Waals surface area contributed by atoms with E-state index in [1.807, 2.05) is 0 Å². The van der Waals surface area contributed by atoms with Gasteiger partial charge in [-0.25, -0.2) is 0 Å². The zero-order chi connectivity index (χ0) is 43.6. The van der Waals surface area contributed by atoms with Gasteiger partial charge in [0.2, 0.25) is 0 Å². The number of hydrogen-bond acceptors (Lipinski definition) is 3. The fourth-order valence-corrected chi connectivity index (χ4v) is 18.3. The Bertz CT molecular complexity index is 2520. The van der Waals surface area contributed by atoms with Crippen molar-refractivity contribution in [1.29, 1.82) is 0 Å². The lowest BCUT2D eigenvalue weighted by Gasteiger charge is -2.43. The summed E-state index contributed by atoms with van der Waals surface area (Å²) in [6.07, 6.45) is 5.70. The second-order valence-corrected chi connectivity index (χ2v) is 27.6. The third-order valence-corrected chi connectivity index (χ3v) is 22.9. The van der Waals surface area contributed by atoms with Gasteiger partial charge in [-0.3, -0.25) is 0 Å². The van der Waals surface area contributed by atoms with Gasteiger partial charge in [-0.15, -0.1) is 0 Å². The number of benzene rings is 6. The van der Waals surface area contributed by atoms with Gasteiger partial charge < -0.3 is 18.9 Å². The Kier molecular flexibility index (Phi) is 12.7.